The number of benzene rings is 1. The smallest absolute Gasteiger partial charge is 0.257 e. The van der Waals surface area contributed by atoms with Crippen molar-refractivity contribution in [3.05, 3.63) is 47.0 Å². The standard InChI is InChI=1S/C21H26N4O3/c1-27-16-5-6-19(28-2)17(10-16)21(26)25-9-3-4-14(13-25)20-23-12-15-11-22-8-7-18(15)24-20/h5-6,10,12,14,22H,3-4,7-9,11,13H2,1-2H3. The second kappa shape index (κ2) is 8.14. The van der Waals surface area contributed by atoms with E-state index in [1.165, 1.54) is 5.56 Å². The molecular weight excluding hydrogens is 356 g/mol. The van der Waals surface area contributed by atoms with Crippen molar-refractivity contribution in [3.63, 3.8) is 0 Å². The molecular formula is C21H26N4O3. The van der Waals surface area contributed by atoms with Crippen LogP contribution in [0, 0.1) is 0 Å². The molecule has 7 heteroatoms. The quantitative estimate of drug-likeness (QED) is 0.873. The lowest BCUT2D eigenvalue weighted by Crippen LogP contribution is -2.40. The summed E-state index contributed by atoms with van der Waals surface area (Å²) in [5.74, 6) is 2.18. The van der Waals surface area contributed by atoms with Gasteiger partial charge in [-0.05, 0) is 31.0 Å². The highest BCUT2D eigenvalue weighted by Crippen LogP contribution is 2.30. The number of ether oxygens (including phenoxy) is 2. The van der Waals surface area contributed by atoms with E-state index in [1.807, 2.05) is 11.1 Å². The number of nitrogens with one attached hydrogen (secondary N) is 1. The predicted molar refractivity (Wildman–Crippen MR) is 105 cm³/mol. The summed E-state index contributed by atoms with van der Waals surface area (Å²) in [7, 11) is 3.17. The summed E-state index contributed by atoms with van der Waals surface area (Å²) in [6.45, 7) is 3.13. The molecule has 1 amide bonds. The van der Waals surface area contributed by atoms with Gasteiger partial charge in [0.05, 0.1) is 19.8 Å². The Morgan fingerprint density at radius 2 is 2.18 bits per heavy atom. The molecule has 0 aliphatic carbocycles. The van der Waals surface area contributed by atoms with Gasteiger partial charge in [-0.1, -0.05) is 0 Å². The average Bonchev–Trinajstić information content (AvgIpc) is 2.77. The molecule has 1 unspecified atom stereocenters. The summed E-state index contributed by atoms with van der Waals surface area (Å²) in [4.78, 5) is 24.5. The van der Waals surface area contributed by atoms with Gasteiger partial charge < -0.3 is 19.7 Å². The number of carbonyl (C=O) groups is 1. The number of methoxy groups -OCH3 is 2. The Morgan fingerprint density at radius 3 is 3.00 bits per heavy atom. The van der Waals surface area contributed by atoms with Gasteiger partial charge in [-0.15, -0.1) is 0 Å². The first kappa shape index (κ1) is 18.7. The topological polar surface area (TPSA) is 76.6 Å². The lowest BCUT2D eigenvalue weighted by Gasteiger charge is -2.32. The number of hydrogen-bond donors (Lipinski definition) is 1. The number of fused-ring (bicyclic) bond motifs is 1. The summed E-state index contributed by atoms with van der Waals surface area (Å²) in [6.07, 6.45) is 4.80. The highest BCUT2D eigenvalue weighted by molar-refractivity contribution is 5.97. The third kappa shape index (κ3) is 3.67. The molecule has 2 aliphatic rings. The van der Waals surface area contributed by atoms with Gasteiger partial charge in [0.25, 0.3) is 5.91 Å². The number of nitrogens with zero attached hydrogens (tertiary/aromatic N) is 3. The van der Waals surface area contributed by atoms with Crippen LogP contribution in [-0.2, 0) is 13.0 Å². The van der Waals surface area contributed by atoms with Gasteiger partial charge in [-0.3, -0.25) is 4.79 Å². The van der Waals surface area contributed by atoms with Crippen LogP contribution in [0.3, 0.4) is 0 Å². The van der Waals surface area contributed by atoms with Crippen LogP contribution in [0.15, 0.2) is 24.4 Å². The fourth-order valence-corrected chi connectivity index (χ4v) is 3.97. The number of rotatable bonds is 4. The minimum absolute atomic E-state index is 0.0392. The average molecular weight is 382 g/mol. The van der Waals surface area contributed by atoms with Gasteiger partial charge in [0, 0.05) is 56.0 Å². The van der Waals surface area contributed by atoms with Gasteiger partial charge in [0.15, 0.2) is 0 Å². The van der Waals surface area contributed by atoms with Crippen molar-refractivity contribution in [1.82, 2.24) is 20.2 Å². The Morgan fingerprint density at radius 1 is 1.29 bits per heavy atom. The maximum atomic E-state index is 13.2. The van der Waals surface area contributed by atoms with Crippen molar-refractivity contribution >= 4 is 5.91 Å². The summed E-state index contributed by atoms with van der Waals surface area (Å²) in [6, 6.07) is 5.31. The maximum Gasteiger partial charge on any atom is 0.257 e. The van der Waals surface area contributed by atoms with E-state index in [9.17, 15) is 4.79 Å². The Balaban J connectivity index is 1.55. The SMILES string of the molecule is COc1ccc(OC)c(C(=O)N2CCCC(c3ncc4c(n3)CCNC4)C2)c1. The molecule has 1 N–H and O–H groups in total. The second-order valence-corrected chi connectivity index (χ2v) is 7.28. The van der Waals surface area contributed by atoms with Crippen LogP contribution in [0.1, 0.15) is 46.2 Å². The van der Waals surface area contributed by atoms with E-state index in [0.717, 1.165) is 50.4 Å². The van der Waals surface area contributed by atoms with E-state index in [-0.39, 0.29) is 11.8 Å². The van der Waals surface area contributed by atoms with Crippen LogP contribution in [0.4, 0.5) is 0 Å². The van der Waals surface area contributed by atoms with E-state index in [2.05, 4.69) is 10.3 Å². The minimum Gasteiger partial charge on any atom is -0.497 e. The zero-order chi connectivity index (χ0) is 19.5. The third-order valence-electron chi connectivity index (χ3n) is 5.54. The van der Waals surface area contributed by atoms with Gasteiger partial charge in [0.2, 0.25) is 0 Å². The molecule has 0 bridgehead atoms. The molecule has 3 heterocycles. The fraction of sp³-hybridized carbons (Fsp3) is 0.476. The Bertz CT molecular complexity index is 871. The summed E-state index contributed by atoms with van der Waals surface area (Å²) >= 11 is 0. The zero-order valence-corrected chi connectivity index (χ0v) is 16.4. The zero-order valence-electron chi connectivity index (χ0n) is 16.4. The molecule has 1 saturated heterocycles. The number of aromatic nitrogens is 2. The van der Waals surface area contributed by atoms with E-state index in [4.69, 9.17) is 14.5 Å². The number of piperidine rings is 1. The van der Waals surface area contributed by atoms with E-state index >= 15 is 0 Å². The number of amides is 1. The van der Waals surface area contributed by atoms with E-state index in [0.29, 0.717) is 23.6 Å². The molecule has 2 aromatic rings. The molecule has 148 valence electrons. The Labute approximate surface area is 165 Å². The second-order valence-electron chi connectivity index (χ2n) is 7.28. The molecule has 7 nitrogen and oxygen atoms in total. The van der Waals surface area contributed by atoms with Crippen molar-refractivity contribution in [2.24, 2.45) is 0 Å². The fourth-order valence-electron chi connectivity index (χ4n) is 3.97. The number of carbonyl (C=O) groups excluding carboxylic acids is 1. The van der Waals surface area contributed by atoms with Crippen molar-refractivity contribution in [3.8, 4) is 11.5 Å². The van der Waals surface area contributed by atoms with E-state index < -0.39 is 0 Å². The van der Waals surface area contributed by atoms with Gasteiger partial charge in [-0.2, -0.15) is 0 Å². The van der Waals surface area contributed by atoms with Crippen LogP contribution < -0.4 is 14.8 Å². The molecule has 4 rings (SSSR count). The van der Waals surface area contributed by atoms with Gasteiger partial charge in [-0.25, -0.2) is 9.97 Å². The minimum atomic E-state index is -0.0392. The van der Waals surface area contributed by atoms with Crippen LogP contribution in [0.2, 0.25) is 0 Å². The molecule has 1 atom stereocenters. The lowest BCUT2D eigenvalue weighted by molar-refractivity contribution is 0.0700. The van der Waals surface area contributed by atoms with Crippen LogP contribution in [0.25, 0.3) is 0 Å². The third-order valence-corrected chi connectivity index (χ3v) is 5.54. The van der Waals surface area contributed by atoms with Gasteiger partial charge >= 0.3 is 0 Å². The molecule has 2 aliphatic heterocycles. The van der Waals surface area contributed by atoms with E-state index in [1.54, 1.807) is 32.4 Å². The summed E-state index contributed by atoms with van der Waals surface area (Å²) in [5.41, 5.74) is 2.85. The van der Waals surface area contributed by atoms with Crippen molar-refractivity contribution in [2.45, 2.75) is 31.7 Å². The van der Waals surface area contributed by atoms with Crippen LogP contribution in [0.5, 0.6) is 11.5 Å². The molecule has 1 aromatic heterocycles. The van der Waals surface area contributed by atoms with Crippen molar-refractivity contribution in [2.75, 3.05) is 33.9 Å². The van der Waals surface area contributed by atoms with Crippen LogP contribution >= 0.6 is 0 Å². The summed E-state index contributed by atoms with van der Waals surface area (Å²) < 4.78 is 10.7. The highest BCUT2D eigenvalue weighted by Gasteiger charge is 2.29. The normalized spacial score (nSPS) is 19.1. The first-order valence-electron chi connectivity index (χ1n) is 9.76. The molecule has 0 saturated carbocycles. The molecule has 28 heavy (non-hydrogen) atoms. The van der Waals surface area contributed by atoms with Crippen molar-refractivity contribution in [1.29, 1.82) is 0 Å². The van der Waals surface area contributed by atoms with Crippen LogP contribution in [-0.4, -0.2) is 54.6 Å². The first-order valence-corrected chi connectivity index (χ1v) is 9.76. The Hall–Kier alpha value is -2.67. The maximum absolute atomic E-state index is 13.2. The number of likely N-dealkylation sites (tertiary alicyclic amines) is 1. The monoisotopic (exact) mass is 382 g/mol. The largest absolute Gasteiger partial charge is 0.497 e. The van der Waals surface area contributed by atoms with Crippen molar-refractivity contribution < 1.29 is 14.3 Å². The lowest BCUT2D eigenvalue weighted by atomic mass is 9.95. The predicted octanol–water partition coefficient (Wildman–Crippen LogP) is 2.16. The van der Waals surface area contributed by atoms with Gasteiger partial charge in [0.1, 0.15) is 17.3 Å². The Kier molecular flexibility index (Phi) is 5.43. The number of hydrogen-bond acceptors (Lipinski definition) is 6. The summed E-state index contributed by atoms with van der Waals surface area (Å²) in [5, 5.41) is 3.35. The molecule has 0 radical (unpaired) electrons. The highest BCUT2D eigenvalue weighted by atomic mass is 16.5. The molecule has 0 spiro atoms. The first-order chi connectivity index (χ1) is 13.7. The molecule has 1 fully saturated rings. The molecule has 1 aromatic carbocycles.